The molecule has 1 N–H and O–H groups in total. The molecule has 1 saturated carbocycles. The molecule has 0 heterocycles. The second-order valence-corrected chi connectivity index (χ2v) is 4.73. The highest BCUT2D eigenvalue weighted by molar-refractivity contribution is 5.81. The third-order valence-corrected chi connectivity index (χ3v) is 3.44. The zero-order valence-corrected chi connectivity index (χ0v) is 10.3. The van der Waals surface area contributed by atoms with E-state index in [1.807, 2.05) is 25.9 Å². The lowest BCUT2D eigenvalue weighted by Gasteiger charge is -2.28. The fourth-order valence-electron chi connectivity index (χ4n) is 2.30. The Bertz CT molecular complexity index is 200. The van der Waals surface area contributed by atoms with Gasteiger partial charge in [-0.3, -0.25) is 4.79 Å². The first-order valence-electron chi connectivity index (χ1n) is 6.07. The molecular formula is C12H24N2O. The van der Waals surface area contributed by atoms with Crippen molar-refractivity contribution in [1.29, 1.82) is 0 Å². The Morgan fingerprint density at radius 1 is 1.40 bits per heavy atom. The maximum Gasteiger partial charge on any atom is 0.239 e. The highest BCUT2D eigenvalue weighted by Crippen LogP contribution is 2.24. The molecule has 1 aliphatic rings. The first-order chi connectivity index (χ1) is 7.15. The van der Waals surface area contributed by atoms with Crippen molar-refractivity contribution in [2.45, 2.75) is 45.1 Å². The maximum atomic E-state index is 11.8. The highest BCUT2D eigenvalue weighted by atomic mass is 16.2. The van der Waals surface area contributed by atoms with Crippen LogP contribution >= 0.6 is 0 Å². The first kappa shape index (κ1) is 12.5. The van der Waals surface area contributed by atoms with Crippen molar-refractivity contribution in [3.05, 3.63) is 0 Å². The number of rotatable bonds is 4. The minimum absolute atomic E-state index is 0.0569. The van der Waals surface area contributed by atoms with Crippen LogP contribution in [0.1, 0.15) is 39.0 Å². The molecule has 0 aliphatic heterocycles. The number of nitrogens with one attached hydrogen (secondary N) is 1. The number of carbonyl (C=O) groups is 1. The van der Waals surface area contributed by atoms with Crippen LogP contribution in [0.15, 0.2) is 0 Å². The average Bonchev–Trinajstić information content (AvgIpc) is 2.28. The quantitative estimate of drug-likeness (QED) is 0.768. The third kappa shape index (κ3) is 3.82. The van der Waals surface area contributed by atoms with E-state index in [9.17, 15) is 4.79 Å². The molecule has 0 aromatic carbocycles. The second kappa shape index (κ2) is 6.11. The molecule has 0 spiro atoms. The number of likely N-dealkylation sites (N-methyl/N-ethyl adjacent to an activating group) is 2. The normalized spacial score (nSPS) is 19.9. The standard InChI is InChI=1S/C12H24N2O/c1-10(13-2)12(15)14(3)9-11-7-5-4-6-8-11/h10-11,13H,4-9H2,1-3H3. The van der Waals surface area contributed by atoms with E-state index < -0.39 is 0 Å². The Morgan fingerprint density at radius 2 is 2.00 bits per heavy atom. The van der Waals surface area contributed by atoms with Gasteiger partial charge in [0.2, 0.25) is 5.91 Å². The van der Waals surface area contributed by atoms with Gasteiger partial charge in [-0.25, -0.2) is 0 Å². The molecule has 3 heteroatoms. The molecule has 1 aliphatic carbocycles. The zero-order valence-electron chi connectivity index (χ0n) is 10.3. The Kier molecular flexibility index (Phi) is 5.09. The molecule has 3 nitrogen and oxygen atoms in total. The molecule has 0 radical (unpaired) electrons. The zero-order chi connectivity index (χ0) is 11.3. The van der Waals surface area contributed by atoms with Gasteiger partial charge in [0.15, 0.2) is 0 Å². The molecule has 0 saturated heterocycles. The van der Waals surface area contributed by atoms with Gasteiger partial charge >= 0.3 is 0 Å². The summed E-state index contributed by atoms with van der Waals surface area (Å²) in [6.45, 7) is 2.85. The van der Waals surface area contributed by atoms with Crippen molar-refractivity contribution in [3.63, 3.8) is 0 Å². The van der Waals surface area contributed by atoms with Gasteiger partial charge in [0, 0.05) is 13.6 Å². The molecule has 0 aromatic rings. The van der Waals surface area contributed by atoms with Gasteiger partial charge in [-0.15, -0.1) is 0 Å². The summed E-state index contributed by atoms with van der Waals surface area (Å²) < 4.78 is 0. The van der Waals surface area contributed by atoms with Crippen molar-refractivity contribution in [2.75, 3.05) is 20.6 Å². The molecular weight excluding hydrogens is 188 g/mol. The van der Waals surface area contributed by atoms with Gasteiger partial charge in [0.25, 0.3) is 0 Å². The van der Waals surface area contributed by atoms with Crippen LogP contribution < -0.4 is 5.32 Å². The van der Waals surface area contributed by atoms with Crippen LogP contribution in [-0.4, -0.2) is 37.5 Å². The van der Waals surface area contributed by atoms with E-state index in [1.165, 1.54) is 32.1 Å². The van der Waals surface area contributed by atoms with Crippen molar-refractivity contribution >= 4 is 5.91 Å². The fourth-order valence-corrected chi connectivity index (χ4v) is 2.30. The van der Waals surface area contributed by atoms with Crippen molar-refractivity contribution in [3.8, 4) is 0 Å². The van der Waals surface area contributed by atoms with E-state index in [0.717, 1.165) is 12.5 Å². The first-order valence-corrected chi connectivity index (χ1v) is 6.07. The van der Waals surface area contributed by atoms with Crippen LogP contribution in [0.3, 0.4) is 0 Å². The highest BCUT2D eigenvalue weighted by Gasteiger charge is 2.20. The fraction of sp³-hybridized carbons (Fsp3) is 0.917. The molecule has 1 unspecified atom stereocenters. The molecule has 1 amide bonds. The third-order valence-electron chi connectivity index (χ3n) is 3.44. The predicted octanol–water partition coefficient (Wildman–Crippen LogP) is 1.63. The lowest BCUT2D eigenvalue weighted by molar-refractivity contribution is -0.132. The Balaban J connectivity index is 2.33. The van der Waals surface area contributed by atoms with E-state index in [1.54, 1.807) is 0 Å². The number of hydrogen-bond acceptors (Lipinski definition) is 2. The molecule has 0 aromatic heterocycles. The van der Waals surface area contributed by atoms with Crippen LogP contribution in [0.4, 0.5) is 0 Å². The van der Waals surface area contributed by atoms with E-state index in [4.69, 9.17) is 0 Å². The molecule has 1 fully saturated rings. The molecule has 88 valence electrons. The SMILES string of the molecule is CNC(C)C(=O)N(C)CC1CCCCC1. The van der Waals surface area contributed by atoms with Crippen LogP contribution in [0, 0.1) is 5.92 Å². The van der Waals surface area contributed by atoms with Gasteiger partial charge in [-0.1, -0.05) is 19.3 Å². The minimum Gasteiger partial charge on any atom is -0.344 e. The van der Waals surface area contributed by atoms with E-state index >= 15 is 0 Å². The number of amides is 1. The number of nitrogens with zero attached hydrogens (tertiary/aromatic N) is 1. The summed E-state index contributed by atoms with van der Waals surface area (Å²) in [7, 11) is 3.75. The monoisotopic (exact) mass is 212 g/mol. The lowest BCUT2D eigenvalue weighted by atomic mass is 9.89. The van der Waals surface area contributed by atoms with Crippen LogP contribution in [0.5, 0.6) is 0 Å². The van der Waals surface area contributed by atoms with Crippen LogP contribution in [0.2, 0.25) is 0 Å². The molecule has 0 bridgehead atoms. The summed E-state index contributed by atoms with van der Waals surface area (Å²) in [4.78, 5) is 13.7. The van der Waals surface area contributed by atoms with E-state index in [2.05, 4.69) is 5.32 Å². The molecule has 1 atom stereocenters. The Hall–Kier alpha value is -0.570. The molecule has 15 heavy (non-hydrogen) atoms. The summed E-state index contributed by atoms with van der Waals surface area (Å²) >= 11 is 0. The van der Waals surface area contributed by atoms with Crippen molar-refractivity contribution in [2.24, 2.45) is 5.92 Å². The Labute approximate surface area is 93.2 Å². The smallest absolute Gasteiger partial charge is 0.239 e. The van der Waals surface area contributed by atoms with Gasteiger partial charge in [0.1, 0.15) is 0 Å². The number of carbonyl (C=O) groups excluding carboxylic acids is 1. The van der Waals surface area contributed by atoms with Crippen molar-refractivity contribution < 1.29 is 4.79 Å². The largest absolute Gasteiger partial charge is 0.344 e. The lowest BCUT2D eigenvalue weighted by Crippen LogP contribution is -2.43. The van der Waals surface area contributed by atoms with Gasteiger partial charge in [-0.2, -0.15) is 0 Å². The average molecular weight is 212 g/mol. The summed E-state index contributed by atoms with van der Waals surface area (Å²) in [5.41, 5.74) is 0. The second-order valence-electron chi connectivity index (χ2n) is 4.73. The van der Waals surface area contributed by atoms with Crippen LogP contribution in [0.25, 0.3) is 0 Å². The summed E-state index contributed by atoms with van der Waals surface area (Å²) in [5.74, 6) is 0.944. The van der Waals surface area contributed by atoms with Gasteiger partial charge in [0.05, 0.1) is 6.04 Å². The van der Waals surface area contributed by atoms with Gasteiger partial charge < -0.3 is 10.2 Å². The van der Waals surface area contributed by atoms with E-state index in [0.29, 0.717) is 0 Å². The van der Waals surface area contributed by atoms with Crippen LogP contribution in [-0.2, 0) is 4.79 Å². The van der Waals surface area contributed by atoms with E-state index in [-0.39, 0.29) is 11.9 Å². The minimum atomic E-state index is -0.0569. The summed E-state index contributed by atoms with van der Waals surface area (Å²) in [6, 6.07) is -0.0569. The number of hydrogen-bond donors (Lipinski definition) is 1. The summed E-state index contributed by atoms with van der Waals surface area (Å²) in [5, 5.41) is 2.99. The topological polar surface area (TPSA) is 32.3 Å². The molecule has 1 rings (SSSR count). The van der Waals surface area contributed by atoms with Gasteiger partial charge in [-0.05, 0) is 32.7 Å². The Morgan fingerprint density at radius 3 is 2.53 bits per heavy atom. The predicted molar refractivity (Wildman–Crippen MR) is 62.7 cm³/mol. The van der Waals surface area contributed by atoms with Crippen molar-refractivity contribution in [1.82, 2.24) is 10.2 Å². The maximum absolute atomic E-state index is 11.8. The summed E-state index contributed by atoms with van der Waals surface area (Å²) in [6.07, 6.45) is 6.65.